The largest absolute Gasteiger partial charge is 0.396 e. The molecule has 1 aliphatic heterocycles. The predicted molar refractivity (Wildman–Crippen MR) is 87.0 cm³/mol. The summed E-state index contributed by atoms with van der Waals surface area (Å²) < 4.78 is 0. The molecule has 1 heterocycles. The van der Waals surface area contributed by atoms with Crippen molar-refractivity contribution in [1.82, 2.24) is 10.2 Å². The lowest BCUT2D eigenvalue weighted by molar-refractivity contribution is -0.131. The van der Waals surface area contributed by atoms with Crippen LogP contribution in [-0.4, -0.2) is 35.1 Å². The highest BCUT2D eigenvalue weighted by atomic mass is 16.3. The highest BCUT2D eigenvalue weighted by Crippen LogP contribution is 2.35. The van der Waals surface area contributed by atoms with Gasteiger partial charge in [0, 0.05) is 13.2 Å². The number of imide groups is 1. The number of aliphatic hydroxyl groups is 1. The van der Waals surface area contributed by atoms with Gasteiger partial charge in [0.2, 0.25) is 0 Å². The third-order valence-electron chi connectivity index (χ3n) is 5.09. The van der Waals surface area contributed by atoms with Gasteiger partial charge in [-0.2, -0.15) is 0 Å². The van der Waals surface area contributed by atoms with E-state index in [2.05, 4.69) is 17.4 Å². The topological polar surface area (TPSA) is 69.6 Å². The van der Waals surface area contributed by atoms with Crippen molar-refractivity contribution in [3.05, 3.63) is 34.9 Å². The van der Waals surface area contributed by atoms with E-state index in [1.807, 2.05) is 13.0 Å². The van der Waals surface area contributed by atoms with Crippen LogP contribution >= 0.6 is 0 Å². The zero-order chi connectivity index (χ0) is 16.4. The minimum Gasteiger partial charge on any atom is -0.396 e. The van der Waals surface area contributed by atoms with Gasteiger partial charge in [-0.05, 0) is 55.2 Å². The average Bonchev–Trinajstić information content (AvgIpc) is 2.83. The van der Waals surface area contributed by atoms with E-state index in [9.17, 15) is 9.59 Å². The van der Waals surface area contributed by atoms with Crippen LogP contribution in [0.4, 0.5) is 4.79 Å². The molecule has 1 aromatic carbocycles. The molecule has 5 nitrogen and oxygen atoms in total. The van der Waals surface area contributed by atoms with Gasteiger partial charge >= 0.3 is 6.03 Å². The van der Waals surface area contributed by atoms with Gasteiger partial charge in [-0.25, -0.2) is 4.79 Å². The third-order valence-corrected chi connectivity index (χ3v) is 5.09. The van der Waals surface area contributed by atoms with Crippen LogP contribution in [0.1, 0.15) is 49.3 Å². The van der Waals surface area contributed by atoms with Crippen LogP contribution in [0, 0.1) is 0 Å². The number of rotatable bonds is 5. The van der Waals surface area contributed by atoms with Crippen molar-refractivity contribution in [3.8, 4) is 0 Å². The van der Waals surface area contributed by atoms with E-state index in [-0.39, 0.29) is 25.1 Å². The van der Waals surface area contributed by atoms with Crippen molar-refractivity contribution < 1.29 is 14.7 Å². The molecular weight excluding hydrogens is 292 g/mol. The molecule has 2 aliphatic rings. The number of amides is 3. The molecule has 3 rings (SSSR count). The van der Waals surface area contributed by atoms with Crippen LogP contribution in [0.15, 0.2) is 18.2 Å². The number of hydrogen-bond donors (Lipinski definition) is 2. The fourth-order valence-electron chi connectivity index (χ4n) is 3.70. The Bertz CT molecular complexity index is 629. The lowest BCUT2D eigenvalue weighted by Gasteiger charge is -2.28. The van der Waals surface area contributed by atoms with Gasteiger partial charge < -0.3 is 10.4 Å². The summed E-state index contributed by atoms with van der Waals surface area (Å²) in [6.07, 6.45) is 5.46. The van der Waals surface area contributed by atoms with Crippen LogP contribution in [0.5, 0.6) is 0 Å². The Labute approximate surface area is 136 Å². The molecule has 0 saturated carbocycles. The van der Waals surface area contributed by atoms with E-state index in [4.69, 9.17) is 5.11 Å². The van der Waals surface area contributed by atoms with E-state index >= 15 is 0 Å². The van der Waals surface area contributed by atoms with Gasteiger partial charge in [0.1, 0.15) is 5.54 Å². The normalized spacial score (nSPS) is 23.8. The fraction of sp³-hybridized carbons (Fsp3) is 0.556. The van der Waals surface area contributed by atoms with Crippen LogP contribution in [0.25, 0.3) is 0 Å². The summed E-state index contributed by atoms with van der Waals surface area (Å²) in [5.74, 6) is -0.200. The molecule has 0 radical (unpaired) electrons. The number of urea groups is 1. The molecule has 124 valence electrons. The van der Waals surface area contributed by atoms with Crippen LogP contribution < -0.4 is 5.32 Å². The van der Waals surface area contributed by atoms with E-state index in [1.165, 1.54) is 28.9 Å². The second kappa shape index (κ2) is 6.32. The van der Waals surface area contributed by atoms with Crippen molar-refractivity contribution in [2.75, 3.05) is 13.2 Å². The molecule has 5 heteroatoms. The first-order chi connectivity index (χ1) is 11.1. The molecule has 0 spiro atoms. The Kier molecular flexibility index (Phi) is 4.39. The maximum atomic E-state index is 12.9. The van der Waals surface area contributed by atoms with E-state index in [0.29, 0.717) is 12.8 Å². The number of carbonyl (C=O) groups is 2. The number of benzene rings is 1. The van der Waals surface area contributed by atoms with Crippen molar-refractivity contribution in [1.29, 1.82) is 0 Å². The lowest BCUT2D eigenvalue weighted by Crippen LogP contribution is -2.43. The third kappa shape index (κ3) is 2.63. The minimum absolute atomic E-state index is 0.0327. The molecule has 1 saturated heterocycles. The number of nitrogens with zero attached hydrogens (tertiary/aromatic N) is 1. The Hall–Kier alpha value is -1.88. The second-order valence-electron chi connectivity index (χ2n) is 6.41. The zero-order valence-corrected chi connectivity index (χ0v) is 13.6. The Balaban J connectivity index is 1.95. The Morgan fingerprint density at radius 2 is 1.96 bits per heavy atom. The molecule has 1 aromatic rings. The molecule has 3 amide bonds. The number of carbonyl (C=O) groups excluding carboxylic acids is 2. The minimum atomic E-state index is -0.959. The molecule has 0 aromatic heterocycles. The lowest BCUT2D eigenvalue weighted by atomic mass is 9.82. The first-order valence-electron chi connectivity index (χ1n) is 8.49. The summed E-state index contributed by atoms with van der Waals surface area (Å²) in [4.78, 5) is 26.4. The molecular formula is C18H24N2O3. The highest BCUT2D eigenvalue weighted by Gasteiger charge is 2.51. The number of nitrogens with one attached hydrogen (secondary N) is 1. The smallest absolute Gasteiger partial charge is 0.325 e. The molecule has 1 unspecified atom stereocenters. The van der Waals surface area contributed by atoms with Crippen molar-refractivity contribution in [2.45, 2.75) is 51.0 Å². The summed E-state index contributed by atoms with van der Waals surface area (Å²) in [5.41, 5.74) is 2.59. The van der Waals surface area contributed by atoms with Gasteiger partial charge in [-0.3, -0.25) is 9.69 Å². The van der Waals surface area contributed by atoms with Gasteiger partial charge in [0.15, 0.2) is 0 Å². The fourth-order valence-corrected chi connectivity index (χ4v) is 3.70. The molecule has 23 heavy (non-hydrogen) atoms. The molecule has 1 atom stereocenters. The van der Waals surface area contributed by atoms with Gasteiger partial charge in [-0.15, -0.1) is 0 Å². The van der Waals surface area contributed by atoms with Crippen molar-refractivity contribution in [2.24, 2.45) is 0 Å². The predicted octanol–water partition coefficient (Wildman–Crippen LogP) is 2.10. The quantitative estimate of drug-likeness (QED) is 0.817. The standard InChI is InChI=1S/C18H24N2O3/c1-2-18(16(22)20(10-5-11-21)17(23)19-18)15-9-8-13-6-3-4-7-14(13)12-15/h8-9,12,21H,2-7,10-11H2,1H3,(H,19,23). The summed E-state index contributed by atoms with van der Waals surface area (Å²) >= 11 is 0. The molecule has 1 fully saturated rings. The number of fused-ring (bicyclic) bond motifs is 1. The zero-order valence-electron chi connectivity index (χ0n) is 13.6. The maximum absolute atomic E-state index is 12.9. The van der Waals surface area contributed by atoms with Crippen molar-refractivity contribution >= 4 is 11.9 Å². The molecule has 1 aliphatic carbocycles. The number of aryl methyl sites for hydroxylation is 2. The first kappa shape index (κ1) is 16.0. The monoisotopic (exact) mass is 316 g/mol. The molecule has 2 N–H and O–H groups in total. The van der Waals surface area contributed by atoms with Gasteiger partial charge in [-0.1, -0.05) is 25.1 Å². The van der Waals surface area contributed by atoms with E-state index < -0.39 is 5.54 Å². The summed E-state index contributed by atoms with van der Waals surface area (Å²) in [6, 6.07) is 5.84. The van der Waals surface area contributed by atoms with Gasteiger partial charge in [0.05, 0.1) is 0 Å². The van der Waals surface area contributed by atoms with Gasteiger partial charge in [0.25, 0.3) is 5.91 Å². The second-order valence-corrected chi connectivity index (χ2v) is 6.41. The summed E-state index contributed by atoms with van der Waals surface area (Å²) in [5, 5.41) is 11.9. The maximum Gasteiger partial charge on any atom is 0.325 e. The van der Waals surface area contributed by atoms with Crippen LogP contribution in [0.3, 0.4) is 0 Å². The number of hydrogen-bond acceptors (Lipinski definition) is 3. The number of aliphatic hydroxyl groups excluding tert-OH is 1. The van der Waals surface area contributed by atoms with Crippen LogP contribution in [0.2, 0.25) is 0 Å². The Morgan fingerprint density at radius 3 is 2.65 bits per heavy atom. The van der Waals surface area contributed by atoms with Crippen LogP contribution in [-0.2, 0) is 23.2 Å². The summed E-state index contributed by atoms with van der Waals surface area (Å²) in [7, 11) is 0. The van der Waals surface area contributed by atoms with Crippen molar-refractivity contribution in [3.63, 3.8) is 0 Å². The first-order valence-corrected chi connectivity index (χ1v) is 8.49. The average molecular weight is 316 g/mol. The highest BCUT2D eigenvalue weighted by molar-refractivity contribution is 6.07. The van der Waals surface area contributed by atoms with E-state index in [1.54, 1.807) is 0 Å². The SMILES string of the molecule is CCC1(c2ccc3c(c2)CCCC3)NC(=O)N(CCCO)C1=O. The summed E-state index contributed by atoms with van der Waals surface area (Å²) in [6.45, 7) is 2.15. The Morgan fingerprint density at radius 1 is 1.22 bits per heavy atom. The van der Waals surface area contributed by atoms with E-state index in [0.717, 1.165) is 18.4 Å². The molecule has 0 bridgehead atoms.